The molecule has 1 fully saturated rings. The number of halogens is 1. The van der Waals surface area contributed by atoms with Gasteiger partial charge in [0.25, 0.3) is 0 Å². The molecule has 0 radical (unpaired) electrons. The zero-order chi connectivity index (χ0) is 20.8. The molecule has 2 aromatic rings. The minimum absolute atomic E-state index is 0.0287. The fraction of sp³-hybridized carbons (Fsp3) is 0.286. The lowest BCUT2D eigenvalue weighted by molar-refractivity contribution is -0.143. The highest BCUT2D eigenvalue weighted by molar-refractivity contribution is 6.30. The van der Waals surface area contributed by atoms with Crippen molar-refractivity contribution in [3.05, 3.63) is 65.2 Å². The fourth-order valence-corrected chi connectivity index (χ4v) is 3.20. The number of nitrogens with zero attached hydrogens (tertiary/aromatic N) is 3. The Labute approximate surface area is 174 Å². The zero-order valence-electron chi connectivity index (χ0n) is 16.1. The molecule has 0 unspecified atom stereocenters. The van der Waals surface area contributed by atoms with Gasteiger partial charge in [-0.25, -0.2) is 0 Å². The van der Waals surface area contributed by atoms with Gasteiger partial charge in [0.2, 0.25) is 17.7 Å². The van der Waals surface area contributed by atoms with Crippen molar-refractivity contribution in [2.24, 2.45) is 0 Å². The van der Waals surface area contributed by atoms with Crippen LogP contribution in [0.25, 0.3) is 0 Å². The highest BCUT2D eigenvalue weighted by atomic mass is 35.5. The van der Waals surface area contributed by atoms with E-state index in [9.17, 15) is 14.4 Å². The van der Waals surface area contributed by atoms with E-state index in [2.05, 4.69) is 0 Å². The number of benzene rings is 2. The van der Waals surface area contributed by atoms with E-state index in [1.54, 1.807) is 24.3 Å². The number of amides is 3. The summed E-state index contributed by atoms with van der Waals surface area (Å²) in [6, 6.07) is 16.3. The molecule has 29 heavy (non-hydrogen) atoms. The van der Waals surface area contributed by atoms with Gasteiger partial charge < -0.3 is 14.5 Å². The summed E-state index contributed by atoms with van der Waals surface area (Å²) in [5.41, 5.74) is 1.58. The van der Waals surface area contributed by atoms with Crippen molar-refractivity contribution in [1.82, 2.24) is 9.80 Å². The van der Waals surface area contributed by atoms with Gasteiger partial charge >= 0.3 is 0 Å². The van der Waals surface area contributed by atoms with Crippen LogP contribution in [0.15, 0.2) is 54.6 Å². The van der Waals surface area contributed by atoms with Crippen LogP contribution in [0.5, 0.6) is 0 Å². The van der Waals surface area contributed by atoms with E-state index in [1.807, 2.05) is 30.3 Å². The molecule has 0 spiro atoms. The molecule has 0 saturated carbocycles. The predicted molar refractivity (Wildman–Crippen MR) is 109 cm³/mol. The van der Waals surface area contributed by atoms with Crippen molar-refractivity contribution in [2.45, 2.75) is 6.54 Å². The molecule has 1 heterocycles. The smallest absolute Gasteiger partial charge is 0.249 e. The Kier molecular flexibility index (Phi) is 6.85. The van der Waals surface area contributed by atoms with E-state index in [-0.39, 0.29) is 50.6 Å². The Morgan fingerprint density at radius 2 is 1.79 bits per heavy atom. The molecule has 0 bridgehead atoms. The van der Waals surface area contributed by atoms with Gasteiger partial charge in [0.15, 0.2) is 0 Å². The summed E-state index contributed by atoms with van der Waals surface area (Å²) in [5.74, 6) is -0.765. The van der Waals surface area contributed by atoms with Crippen LogP contribution >= 0.6 is 11.6 Å². The van der Waals surface area contributed by atoms with Crippen molar-refractivity contribution in [3.8, 4) is 0 Å². The molecular weight excluding hydrogens is 394 g/mol. The summed E-state index contributed by atoms with van der Waals surface area (Å²) < 4.78 is 4.94. The molecule has 3 amide bonds. The van der Waals surface area contributed by atoms with Crippen LogP contribution in [-0.2, 0) is 25.7 Å². The minimum atomic E-state index is -0.296. The number of anilines is 1. The molecule has 0 atom stereocenters. The molecule has 2 aromatic carbocycles. The largest absolute Gasteiger partial charge is 0.375 e. The van der Waals surface area contributed by atoms with Crippen LogP contribution in [0.1, 0.15) is 5.56 Å². The molecule has 0 aromatic heterocycles. The standard InChI is InChI=1S/C21H22ClN3O4/c1-29-14-21(28)23(11-16-5-3-2-4-6-16)12-19(26)24-13-20(27)25(15-24)18-9-7-17(22)8-10-18/h2-10H,11-15H2,1H3. The van der Waals surface area contributed by atoms with Crippen LogP contribution < -0.4 is 4.90 Å². The Balaban J connectivity index is 1.68. The van der Waals surface area contributed by atoms with Gasteiger partial charge in [-0.1, -0.05) is 41.9 Å². The van der Waals surface area contributed by atoms with Crippen LogP contribution in [0.3, 0.4) is 0 Å². The van der Waals surface area contributed by atoms with E-state index >= 15 is 0 Å². The average Bonchev–Trinajstić information content (AvgIpc) is 3.11. The second-order valence-corrected chi connectivity index (χ2v) is 7.14. The number of hydrogen-bond donors (Lipinski definition) is 0. The second-order valence-electron chi connectivity index (χ2n) is 6.70. The lowest BCUT2D eigenvalue weighted by Gasteiger charge is -2.25. The molecule has 3 rings (SSSR count). The van der Waals surface area contributed by atoms with Crippen LogP contribution in [0, 0.1) is 0 Å². The highest BCUT2D eigenvalue weighted by Crippen LogP contribution is 2.22. The summed E-state index contributed by atoms with van der Waals surface area (Å²) in [6.07, 6.45) is 0. The molecule has 0 N–H and O–H groups in total. The van der Waals surface area contributed by atoms with Crippen LogP contribution in [0.4, 0.5) is 5.69 Å². The van der Waals surface area contributed by atoms with Crippen LogP contribution in [-0.4, -0.2) is 61.0 Å². The number of carbonyl (C=O) groups is 3. The summed E-state index contributed by atoms with van der Waals surface area (Å²) in [5, 5.41) is 0.571. The topological polar surface area (TPSA) is 70.2 Å². The Hall–Kier alpha value is -2.90. The maximum Gasteiger partial charge on any atom is 0.249 e. The van der Waals surface area contributed by atoms with Crippen LogP contribution in [0.2, 0.25) is 5.02 Å². The second kappa shape index (κ2) is 9.54. The summed E-state index contributed by atoms with van der Waals surface area (Å²) in [4.78, 5) is 42.0. The van der Waals surface area contributed by atoms with Crippen molar-refractivity contribution in [3.63, 3.8) is 0 Å². The van der Waals surface area contributed by atoms with Gasteiger partial charge in [0.1, 0.15) is 26.4 Å². The third kappa shape index (κ3) is 5.34. The van der Waals surface area contributed by atoms with E-state index < -0.39 is 0 Å². The predicted octanol–water partition coefficient (Wildman–Crippen LogP) is 2.15. The number of rotatable bonds is 7. The minimum Gasteiger partial charge on any atom is -0.375 e. The van der Waals surface area contributed by atoms with Gasteiger partial charge in [-0.05, 0) is 29.8 Å². The Morgan fingerprint density at radius 3 is 2.45 bits per heavy atom. The summed E-state index contributed by atoms with van der Waals surface area (Å²) in [6.45, 7) is 0.155. The van der Waals surface area contributed by atoms with Gasteiger partial charge in [0, 0.05) is 24.4 Å². The normalized spacial score (nSPS) is 13.7. The summed E-state index contributed by atoms with van der Waals surface area (Å²) >= 11 is 5.90. The summed E-state index contributed by atoms with van der Waals surface area (Å²) in [7, 11) is 1.43. The SMILES string of the molecule is COCC(=O)N(CC(=O)N1CC(=O)N(c2ccc(Cl)cc2)C1)Cc1ccccc1. The molecule has 1 aliphatic rings. The Morgan fingerprint density at radius 1 is 1.10 bits per heavy atom. The van der Waals surface area contributed by atoms with Gasteiger partial charge in [-0.3, -0.25) is 19.3 Å². The van der Waals surface area contributed by atoms with Gasteiger partial charge in [0.05, 0.1) is 0 Å². The molecule has 1 saturated heterocycles. The molecule has 8 heteroatoms. The molecule has 1 aliphatic heterocycles. The maximum atomic E-state index is 12.8. The lowest BCUT2D eigenvalue weighted by atomic mass is 10.2. The van der Waals surface area contributed by atoms with Crippen molar-refractivity contribution in [1.29, 1.82) is 0 Å². The lowest BCUT2D eigenvalue weighted by Crippen LogP contribution is -2.43. The quantitative estimate of drug-likeness (QED) is 0.694. The van der Waals surface area contributed by atoms with Crippen molar-refractivity contribution < 1.29 is 19.1 Å². The van der Waals surface area contributed by atoms with Gasteiger partial charge in [-0.2, -0.15) is 0 Å². The van der Waals surface area contributed by atoms with E-state index in [1.165, 1.54) is 21.8 Å². The highest BCUT2D eigenvalue weighted by Gasteiger charge is 2.33. The molecule has 152 valence electrons. The first-order valence-electron chi connectivity index (χ1n) is 9.12. The Bertz CT molecular complexity index is 873. The number of ether oxygens (including phenoxy) is 1. The van der Waals surface area contributed by atoms with E-state index in [0.717, 1.165) is 5.56 Å². The third-order valence-corrected chi connectivity index (χ3v) is 4.85. The first-order chi connectivity index (χ1) is 14.0. The number of methoxy groups -OCH3 is 1. The third-order valence-electron chi connectivity index (χ3n) is 4.59. The molecule has 7 nitrogen and oxygen atoms in total. The zero-order valence-corrected chi connectivity index (χ0v) is 16.8. The number of carbonyl (C=O) groups excluding carboxylic acids is 3. The first kappa shape index (κ1) is 20.8. The van der Waals surface area contributed by atoms with E-state index in [4.69, 9.17) is 16.3 Å². The maximum absolute atomic E-state index is 12.8. The first-order valence-corrected chi connectivity index (χ1v) is 9.50. The molecular formula is C21H22ClN3O4. The van der Waals surface area contributed by atoms with Crippen molar-refractivity contribution in [2.75, 3.05) is 38.4 Å². The number of hydrogen-bond acceptors (Lipinski definition) is 4. The van der Waals surface area contributed by atoms with Gasteiger partial charge in [-0.15, -0.1) is 0 Å². The fourth-order valence-electron chi connectivity index (χ4n) is 3.08. The molecule has 0 aliphatic carbocycles. The monoisotopic (exact) mass is 415 g/mol. The van der Waals surface area contributed by atoms with Crippen molar-refractivity contribution >= 4 is 35.0 Å². The average molecular weight is 416 g/mol. The van der Waals surface area contributed by atoms with E-state index in [0.29, 0.717) is 10.7 Å².